The summed E-state index contributed by atoms with van der Waals surface area (Å²) in [6.45, 7) is 0. The summed E-state index contributed by atoms with van der Waals surface area (Å²) in [4.78, 5) is 0. The number of terminal acetylenes is 1. The van der Waals surface area contributed by atoms with Crippen molar-refractivity contribution in [3.63, 3.8) is 0 Å². The fraction of sp³-hybridized carbons (Fsp3) is 0.273. The molecule has 0 radical (unpaired) electrons. The Bertz CT molecular complexity index is 274. The van der Waals surface area contributed by atoms with Crippen molar-refractivity contribution in [3.05, 3.63) is 35.9 Å². The van der Waals surface area contributed by atoms with Crippen LogP contribution >= 0.6 is 0 Å². The zero-order valence-electron chi connectivity index (χ0n) is 7.53. The number of benzene rings is 1. The van der Waals surface area contributed by atoms with E-state index in [-0.39, 0.29) is 6.04 Å². The number of nitrogens with two attached hydrogens (primary N) is 1. The Morgan fingerprint density at radius 3 is 2.62 bits per heavy atom. The van der Waals surface area contributed by atoms with Gasteiger partial charge in [-0.15, -0.1) is 12.3 Å². The summed E-state index contributed by atoms with van der Waals surface area (Å²) < 4.78 is 0. The maximum atomic E-state index is 5.36. The molecule has 0 spiro atoms. The van der Waals surface area contributed by atoms with E-state index in [0.29, 0.717) is 6.42 Å². The van der Waals surface area contributed by atoms with Crippen LogP contribution in [-0.4, -0.2) is 6.04 Å². The third-order valence-electron chi connectivity index (χ3n) is 1.92. The van der Waals surface area contributed by atoms with E-state index in [1.807, 2.05) is 18.2 Å². The fourth-order valence-electron chi connectivity index (χ4n) is 1.23. The van der Waals surface area contributed by atoms with Gasteiger partial charge in [0.1, 0.15) is 0 Å². The van der Waals surface area contributed by atoms with Crippen LogP contribution in [0.15, 0.2) is 30.3 Å². The molecule has 0 aliphatic rings. The Morgan fingerprint density at radius 1 is 1.38 bits per heavy atom. The molecule has 1 atom stereocenters. The second-order valence-electron chi connectivity index (χ2n) is 2.96. The van der Waals surface area contributed by atoms with Gasteiger partial charge in [0.25, 0.3) is 0 Å². The summed E-state index contributed by atoms with van der Waals surface area (Å²) in [5.74, 6) is 7.96. The maximum absolute atomic E-state index is 5.36. The maximum Gasteiger partial charge on any atom is 0.0360 e. The number of hydrazine groups is 1. The van der Waals surface area contributed by atoms with E-state index in [1.165, 1.54) is 5.56 Å². The predicted molar refractivity (Wildman–Crippen MR) is 54.7 cm³/mol. The SMILES string of the molecule is C#CCC(Cc1ccccc1)NN. The van der Waals surface area contributed by atoms with Gasteiger partial charge in [-0.3, -0.25) is 11.3 Å². The lowest BCUT2D eigenvalue weighted by atomic mass is 10.0. The van der Waals surface area contributed by atoms with Crippen LogP contribution < -0.4 is 11.3 Å². The number of hydrogen-bond donors (Lipinski definition) is 2. The summed E-state index contributed by atoms with van der Waals surface area (Å²) in [5.41, 5.74) is 3.96. The Kier molecular flexibility index (Phi) is 4.04. The molecule has 0 aromatic heterocycles. The van der Waals surface area contributed by atoms with Crippen molar-refractivity contribution in [1.29, 1.82) is 0 Å². The Morgan fingerprint density at radius 2 is 2.08 bits per heavy atom. The predicted octanol–water partition coefficient (Wildman–Crippen LogP) is 1.08. The fourth-order valence-corrected chi connectivity index (χ4v) is 1.23. The van der Waals surface area contributed by atoms with Gasteiger partial charge in [-0.05, 0) is 12.0 Å². The highest BCUT2D eigenvalue weighted by Crippen LogP contribution is 2.04. The average molecular weight is 174 g/mol. The van der Waals surface area contributed by atoms with E-state index in [4.69, 9.17) is 12.3 Å². The molecule has 0 heterocycles. The molecule has 0 aliphatic carbocycles. The van der Waals surface area contributed by atoms with Crippen LogP contribution in [0.2, 0.25) is 0 Å². The van der Waals surface area contributed by atoms with Crippen LogP contribution in [0.1, 0.15) is 12.0 Å². The molecule has 1 unspecified atom stereocenters. The van der Waals surface area contributed by atoms with Crippen molar-refractivity contribution in [3.8, 4) is 12.3 Å². The monoisotopic (exact) mass is 174 g/mol. The van der Waals surface area contributed by atoms with Gasteiger partial charge < -0.3 is 0 Å². The molecule has 0 aliphatic heterocycles. The summed E-state index contributed by atoms with van der Waals surface area (Å²) in [5, 5.41) is 0. The molecule has 0 saturated heterocycles. The largest absolute Gasteiger partial charge is 0.271 e. The third-order valence-corrected chi connectivity index (χ3v) is 1.92. The second-order valence-corrected chi connectivity index (χ2v) is 2.96. The average Bonchev–Trinajstić information content (AvgIpc) is 2.19. The van der Waals surface area contributed by atoms with Crippen molar-refractivity contribution in [2.45, 2.75) is 18.9 Å². The Labute approximate surface area is 79.1 Å². The normalized spacial score (nSPS) is 12.0. The topological polar surface area (TPSA) is 38.0 Å². The number of rotatable bonds is 4. The molecule has 3 N–H and O–H groups in total. The zero-order valence-corrected chi connectivity index (χ0v) is 7.53. The third kappa shape index (κ3) is 3.29. The minimum Gasteiger partial charge on any atom is -0.271 e. The molecule has 2 heteroatoms. The molecule has 0 bridgehead atoms. The molecule has 2 nitrogen and oxygen atoms in total. The first-order chi connectivity index (χ1) is 6.36. The van der Waals surface area contributed by atoms with Crippen molar-refractivity contribution in [2.24, 2.45) is 5.84 Å². The summed E-state index contributed by atoms with van der Waals surface area (Å²) in [6.07, 6.45) is 6.75. The second kappa shape index (κ2) is 5.36. The van der Waals surface area contributed by atoms with Crippen molar-refractivity contribution >= 4 is 0 Å². The van der Waals surface area contributed by atoms with Crippen molar-refractivity contribution in [1.82, 2.24) is 5.43 Å². The van der Waals surface area contributed by atoms with Crippen LogP contribution in [0.4, 0.5) is 0 Å². The number of nitrogens with one attached hydrogen (secondary N) is 1. The Balaban J connectivity index is 2.53. The van der Waals surface area contributed by atoms with Gasteiger partial charge in [0, 0.05) is 12.5 Å². The first-order valence-corrected chi connectivity index (χ1v) is 4.30. The van der Waals surface area contributed by atoms with Crippen LogP contribution in [0.3, 0.4) is 0 Å². The quantitative estimate of drug-likeness (QED) is 0.407. The van der Waals surface area contributed by atoms with E-state index in [2.05, 4.69) is 23.5 Å². The van der Waals surface area contributed by atoms with Gasteiger partial charge in [-0.25, -0.2) is 0 Å². The zero-order chi connectivity index (χ0) is 9.52. The van der Waals surface area contributed by atoms with Crippen molar-refractivity contribution in [2.75, 3.05) is 0 Å². The van der Waals surface area contributed by atoms with E-state index in [9.17, 15) is 0 Å². The van der Waals surface area contributed by atoms with E-state index >= 15 is 0 Å². The smallest absolute Gasteiger partial charge is 0.0360 e. The van der Waals surface area contributed by atoms with Crippen LogP contribution in [0.5, 0.6) is 0 Å². The number of hydrogen-bond acceptors (Lipinski definition) is 2. The molecule has 0 saturated carbocycles. The molecule has 68 valence electrons. The Hall–Kier alpha value is -1.30. The lowest BCUT2D eigenvalue weighted by Crippen LogP contribution is -2.36. The molecule has 0 fully saturated rings. The highest BCUT2D eigenvalue weighted by molar-refractivity contribution is 5.16. The summed E-state index contributed by atoms with van der Waals surface area (Å²) in [7, 11) is 0. The molecule has 0 amide bonds. The lowest BCUT2D eigenvalue weighted by Gasteiger charge is -2.12. The minimum absolute atomic E-state index is 0.174. The first kappa shape index (κ1) is 9.79. The highest BCUT2D eigenvalue weighted by Gasteiger charge is 2.04. The van der Waals surface area contributed by atoms with E-state index in [0.717, 1.165) is 6.42 Å². The first-order valence-electron chi connectivity index (χ1n) is 4.30. The van der Waals surface area contributed by atoms with Crippen molar-refractivity contribution < 1.29 is 0 Å². The van der Waals surface area contributed by atoms with Gasteiger partial charge in [0.15, 0.2) is 0 Å². The molecule has 1 rings (SSSR count). The van der Waals surface area contributed by atoms with Gasteiger partial charge in [0.2, 0.25) is 0 Å². The molecule has 13 heavy (non-hydrogen) atoms. The van der Waals surface area contributed by atoms with E-state index in [1.54, 1.807) is 0 Å². The van der Waals surface area contributed by atoms with Crippen LogP contribution in [0.25, 0.3) is 0 Å². The standard InChI is InChI=1S/C11H14N2/c1-2-6-11(13-12)9-10-7-4-3-5-8-10/h1,3-5,7-8,11,13H,6,9,12H2. The van der Waals surface area contributed by atoms with Crippen LogP contribution in [-0.2, 0) is 6.42 Å². The lowest BCUT2D eigenvalue weighted by molar-refractivity contribution is 0.537. The summed E-state index contributed by atoms with van der Waals surface area (Å²) >= 11 is 0. The van der Waals surface area contributed by atoms with Crippen LogP contribution in [0, 0.1) is 12.3 Å². The molecular weight excluding hydrogens is 160 g/mol. The van der Waals surface area contributed by atoms with Gasteiger partial charge in [-0.1, -0.05) is 30.3 Å². The molecule has 1 aromatic rings. The molecular formula is C11H14N2. The summed E-state index contributed by atoms with van der Waals surface area (Å²) in [6, 6.07) is 10.3. The molecule has 1 aromatic carbocycles. The van der Waals surface area contributed by atoms with Gasteiger partial charge >= 0.3 is 0 Å². The van der Waals surface area contributed by atoms with Gasteiger partial charge in [0.05, 0.1) is 0 Å². The highest BCUT2D eigenvalue weighted by atomic mass is 15.2. The van der Waals surface area contributed by atoms with Gasteiger partial charge in [-0.2, -0.15) is 0 Å². The van der Waals surface area contributed by atoms with E-state index < -0.39 is 0 Å². The minimum atomic E-state index is 0.174.